The van der Waals surface area contributed by atoms with Crippen molar-refractivity contribution >= 4 is 11.3 Å². The van der Waals surface area contributed by atoms with Crippen LogP contribution in [0.2, 0.25) is 0 Å². The third-order valence-corrected chi connectivity index (χ3v) is 4.60. The molecule has 1 aromatic heterocycles. The maximum atomic E-state index is 11.0. The van der Waals surface area contributed by atoms with Gasteiger partial charge in [0.25, 0.3) is 0 Å². The van der Waals surface area contributed by atoms with Crippen LogP contribution in [0.5, 0.6) is 5.75 Å². The van der Waals surface area contributed by atoms with Crippen LogP contribution < -0.4 is 14.9 Å². The van der Waals surface area contributed by atoms with Gasteiger partial charge in [-0.2, -0.15) is 0 Å². The van der Waals surface area contributed by atoms with E-state index in [1.165, 1.54) is 16.9 Å². The second-order valence-electron chi connectivity index (χ2n) is 5.19. The van der Waals surface area contributed by atoms with Crippen LogP contribution in [-0.2, 0) is 6.54 Å². The van der Waals surface area contributed by atoms with Crippen molar-refractivity contribution in [2.24, 2.45) is 0 Å². The lowest BCUT2D eigenvalue weighted by molar-refractivity contribution is 0.288. The molecule has 1 aliphatic carbocycles. The van der Waals surface area contributed by atoms with Crippen LogP contribution in [0.3, 0.4) is 0 Å². The predicted molar refractivity (Wildman–Crippen MR) is 80.5 cm³/mol. The van der Waals surface area contributed by atoms with Crippen molar-refractivity contribution in [2.45, 2.75) is 31.3 Å². The first-order valence-corrected chi connectivity index (χ1v) is 7.66. The van der Waals surface area contributed by atoms with Crippen molar-refractivity contribution < 1.29 is 4.74 Å². The van der Waals surface area contributed by atoms with E-state index in [0.717, 1.165) is 30.8 Å². The average Bonchev–Trinajstić information content (AvgIpc) is 2.83. The lowest BCUT2D eigenvalue weighted by Gasteiger charge is -2.36. The van der Waals surface area contributed by atoms with Crippen LogP contribution >= 0.6 is 11.3 Å². The molecule has 20 heavy (non-hydrogen) atoms. The lowest BCUT2D eigenvalue weighted by Crippen LogP contribution is -2.39. The van der Waals surface area contributed by atoms with E-state index in [4.69, 9.17) is 4.74 Å². The molecule has 106 valence electrons. The number of H-pyrrole nitrogens is 1. The number of aromatic amines is 1. The number of benzene rings is 1. The first-order chi connectivity index (χ1) is 9.74. The van der Waals surface area contributed by atoms with Crippen molar-refractivity contribution in [3.8, 4) is 5.75 Å². The SMILES string of the molecule is COc1ccc(C2CC(NCc3csc(=O)[nH]3)C2)cc1. The summed E-state index contributed by atoms with van der Waals surface area (Å²) in [5, 5.41) is 5.37. The number of hydrogen-bond acceptors (Lipinski definition) is 4. The average molecular weight is 290 g/mol. The minimum absolute atomic E-state index is 0.0199. The molecule has 1 aromatic carbocycles. The largest absolute Gasteiger partial charge is 0.497 e. The van der Waals surface area contributed by atoms with Crippen LogP contribution in [0.25, 0.3) is 0 Å². The highest BCUT2D eigenvalue weighted by atomic mass is 32.1. The molecule has 2 N–H and O–H groups in total. The van der Waals surface area contributed by atoms with Gasteiger partial charge in [0.15, 0.2) is 0 Å². The van der Waals surface area contributed by atoms with E-state index in [2.05, 4.69) is 22.4 Å². The van der Waals surface area contributed by atoms with Crippen LogP contribution in [0, 0.1) is 0 Å². The Morgan fingerprint density at radius 1 is 1.35 bits per heavy atom. The molecule has 1 fully saturated rings. The summed E-state index contributed by atoms with van der Waals surface area (Å²) in [4.78, 5) is 13.9. The number of methoxy groups -OCH3 is 1. The topological polar surface area (TPSA) is 54.1 Å². The van der Waals surface area contributed by atoms with Gasteiger partial charge in [-0.15, -0.1) is 0 Å². The van der Waals surface area contributed by atoms with Gasteiger partial charge in [0.1, 0.15) is 5.75 Å². The monoisotopic (exact) mass is 290 g/mol. The summed E-state index contributed by atoms with van der Waals surface area (Å²) < 4.78 is 5.17. The van der Waals surface area contributed by atoms with Gasteiger partial charge in [0, 0.05) is 23.7 Å². The zero-order valence-electron chi connectivity index (χ0n) is 11.4. The van der Waals surface area contributed by atoms with Crippen molar-refractivity contribution in [3.63, 3.8) is 0 Å². The molecule has 0 bridgehead atoms. The maximum absolute atomic E-state index is 11.0. The Morgan fingerprint density at radius 3 is 2.70 bits per heavy atom. The molecule has 0 unspecified atom stereocenters. The molecule has 2 aromatic rings. The van der Waals surface area contributed by atoms with Gasteiger partial charge in [-0.1, -0.05) is 23.5 Å². The number of nitrogens with one attached hydrogen (secondary N) is 2. The van der Waals surface area contributed by atoms with Crippen molar-refractivity contribution in [1.82, 2.24) is 10.3 Å². The molecule has 1 heterocycles. The zero-order valence-corrected chi connectivity index (χ0v) is 12.2. The summed E-state index contributed by atoms with van der Waals surface area (Å²) in [6.07, 6.45) is 2.31. The Balaban J connectivity index is 1.47. The van der Waals surface area contributed by atoms with E-state index in [1.807, 2.05) is 17.5 Å². The van der Waals surface area contributed by atoms with E-state index in [9.17, 15) is 4.79 Å². The Kier molecular flexibility index (Phi) is 3.89. The molecule has 0 aliphatic heterocycles. The Labute approximate surface area is 121 Å². The highest BCUT2D eigenvalue weighted by molar-refractivity contribution is 7.07. The molecule has 0 saturated heterocycles. The summed E-state index contributed by atoms with van der Waals surface area (Å²) in [6, 6.07) is 8.88. The fourth-order valence-electron chi connectivity index (χ4n) is 2.59. The quantitative estimate of drug-likeness (QED) is 0.889. The molecule has 1 aliphatic rings. The van der Waals surface area contributed by atoms with Crippen LogP contribution in [0.15, 0.2) is 34.4 Å². The summed E-state index contributed by atoms with van der Waals surface area (Å²) >= 11 is 1.22. The first kappa shape index (κ1) is 13.4. The summed E-state index contributed by atoms with van der Waals surface area (Å²) in [5.74, 6) is 1.55. The van der Waals surface area contributed by atoms with Gasteiger partial charge < -0.3 is 15.0 Å². The Hall–Kier alpha value is -1.59. The van der Waals surface area contributed by atoms with E-state index < -0.39 is 0 Å². The molecule has 1 saturated carbocycles. The predicted octanol–water partition coefficient (Wildman–Crippen LogP) is 2.48. The number of thiazole rings is 1. The highest BCUT2D eigenvalue weighted by Gasteiger charge is 2.29. The third-order valence-electron chi connectivity index (χ3n) is 3.88. The van der Waals surface area contributed by atoms with E-state index in [0.29, 0.717) is 12.0 Å². The highest BCUT2D eigenvalue weighted by Crippen LogP contribution is 2.37. The first-order valence-electron chi connectivity index (χ1n) is 6.78. The Morgan fingerprint density at radius 2 is 2.10 bits per heavy atom. The molecular weight excluding hydrogens is 272 g/mol. The number of aromatic nitrogens is 1. The van der Waals surface area contributed by atoms with E-state index in [1.54, 1.807) is 7.11 Å². The molecular formula is C15H18N2O2S. The normalized spacial score (nSPS) is 21.4. The fourth-order valence-corrected chi connectivity index (χ4v) is 3.17. The molecule has 3 rings (SSSR count). The van der Waals surface area contributed by atoms with Gasteiger partial charge in [0.05, 0.1) is 7.11 Å². The zero-order chi connectivity index (χ0) is 13.9. The van der Waals surface area contributed by atoms with Crippen LogP contribution in [-0.4, -0.2) is 18.1 Å². The van der Waals surface area contributed by atoms with Gasteiger partial charge in [-0.3, -0.25) is 4.79 Å². The number of hydrogen-bond donors (Lipinski definition) is 2. The molecule has 4 nitrogen and oxygen atoms in total. The smallest absolute Gasteiger partial charge is 0.304 e. The maximum Gasteiger partial charge on any atom is 0.304 e. The van der Waals surface area contributed by atoms with Crippen LogP contribution in [0.1, 0.15) is 30.0 Å². The lowest BCUT2D eigenvalue weighted by atomic mass is 9.76. The number of rotatable bonds is 5. The fraction of sp³-hybridized carbons (Fsp3) is 0.400. The van der Waals surface area contributed by atoms with Crippen molar-refractivity contribution in [2.75, 3.05) is 7.11 Å². The molecule has 0 atom stereocenters. The van der Waals surface area contributed by atoms with Crippen molar-refractivity contribution in [1.29, 1.82) is 0 Å². The Bertz CT molecular complexity index is 611. The molecule has 0 amide bonds. The standard InChI is InChI=1S/C15H18N2O2S/c1-19-14-4-2-10(3-5-14)11-6-12(7-11)16-8-13-9-20-15(18)17-13/h2-5,9,11-12,16H,6-8H2,1H3,(H,17,18). The molecule has 0 radical (unpaired) electrons. The summed E-state index contributed by atoms with van der Waals surface area (Å²) in [5.41, 5.74) is 2.36. The second kappa shape index (κ2) is 5.81. The number of ether oxygens (including phenoxy) is 1. The minimum Gasteiger partial charge on any atom is -0.497 e. The summed E-state index contributed by atoms with van der Waals surface area (Å²) in [7, 11) is 1.69. The molecule has 0 spiro atoms. The van der Waals surface area contributed by atoms with Gasteiger partial charge in [-0.05, 0) is 36.5 Å². The van der Waals surface area contributed by atoms with E-state index in [-0.39, 0.29) is 4.87 Å². The minimum atomic E-state index is 0.0199. The van der Waals surface area contributed by atoms with Gasteiger partial charge >= 0.3 is 4.87 Å². The van der Waals surface area contributed by atoms with E-state index >= 15 is 0 Å². The van der Waals surface area contributed by atoms with Crippen LogP contribution in [0.4, 0.5) is 0 Å². The molecule has 5 heteroatoms. The second-order valence-corrected chi connectivity index (χ2v) is 6.03. The van der Waals surface area contributed by atoms with Gasteiger partial charge in [-0.25, -0.2) is 0 Å². The summed E-state index contributed by atoms with van der Waals surface area (Å²) in [6.45, 7) is 0.749. The van der Waals surface area contributed by atoms with Crippen molar-refractivity contribution in [3.05, 3.63) is 50.6 Å². The third kappa shape index (κ3) is 2.94. The van der Waals surface area contributed by atoms with Gasteiger partial charge in [0.2, 0.25) is 0 Å².